The van der Waals surface area contributed by atoms with Crippen LogP contribution >= 0.6 is 0 Å². The molecule has 2 heterocycles. The van der Waals surface area contributed by atoms with Crippen LogP contribution in [0.15, 0.2) is 0 Å². The Labute approximate surface area is 103 Å². The first-order chi connectivity index (χ1) is 8.20. The van der Waals surface area contributed by atoms with Crippen LogP contribution in [0.4, 0.5) is 0 Å². The predicted octanol–water partition coefficient (Wildman–Crippen LogP) is 0.623. The molecule has 1 N–H and O–H groups in total. The molecule has 17 heavy (non-hydrogen) atoms. The number of amides is 1. The Morgan fingerprint density at radius 1 is 1.53 bits per heavy atom. The van der Waals surface area contributed by atoms with Crippen molar-refractivity contribution in [3.05, 3.63) is 0 Å². The summed E-state index contributed by atoms with van der Waals surface area (Å²) < 4.78 is 5.96. The van der Waals surface area contributed by atoms with Gasteiger partial charge in [0.05, 0.1) is 18.8 Å². The zero-order chi connectivity index (χ0) is 11.9. The second kappa shape index (κ2) is 4.25. The molecule has 1 aliphatic carbocycles. The third-order valence-electron chi connectivity index (χ3n) is 4.42. The summed E-state index contributed by atoms with van der Waals surface area (Å²) in [4.78, 5) is 14.3. The van der Waals surface area contributed by atoms with E-state index in [1.54, 1.807) is 0 Å². The fraction of sp³-hybridized carbons (Fsp3) is 0.923. The first kappa shape index (κ1) is 11.5. The van der Waals surface area contributed by atoms with E-state index < -0.39 is 0 Å². The van der Waals surface area contributed by atoms with Gasteiger partial charge in [-0.2, -0.15) is 0 Å². The Morgan fingerprint density at radius 3 is 3.00 bits per heavy atom. The van der Waals surface area contributed by atoms with Gasteiger partial charge >= 0.3 is 0 Å². The fourth-order valence-electron chi connectivity index (χ4n) is 3.13. The minimum Gasteiger partial charge on any atom is -0.370 e. The number of piperidine rings is 1. The molecule has 0 unspecified atom stereocenters. The summed E-state index contributed by atoms with van der Waals surface area (Å²) in [5.74, 6) is 1.28. The quantitative estimate of drug-likeness (QED) is 0.728. The van der Waals surface area contributed by atoms with E-state index >= 15 is 0 Å². The molecule has 3 atom stereocenters. The van der Waals surface area contributed by atoms with Crippen molar-refractivity contribution in [2.75, 3.05) is 32.8 Å². The van der Waals surface area contributed by atoms with Gasteiger partial charge in [-0.25, -0.2) is 0 Å². The van der Waals surface area contributed by atoms with Gasteiger partial charge in [0, 0.05) is 19.0 Å². The molecule has 3 rings (SSSR count). The topological polar surface area (TPSA) is 41.6 Å². The Bertz CT molecular complexity index is 307. The van der Waals surface area contributed by atoms with Crippen molar-refractivity contribution >= 4 is 5.91 Å². The van der Waals surface area contributed by atoms with Gasteiger partial charge in [-0.1, -0.05) is 6.92 Å². The van der Waals surface area contributed by atoms with Gasteiger partial charge < -0.3 is 15.0 Å². The van der Waals surface area contributed by atoms with Crippen LogP contribution in [0.25, 0.3) is 0 Å². The van der Waals surface area contributed by atoms with Crippen LogP contribution in [0.5, 0.6) is 0 Å². The highest BCUT2D eigenvalue weighted by atomic mass is 16.5. The molecule has 1 amide bonds. The third-order valence-corrected chi connectivity index (χ3v) is 4.42. The average Bonchev–Trinajstić information content (AvgIpc) is 3.06. The van der Waals surface area contributed by atoms with Crippen LogP contribution < -0.4 is 5.32 Å². The maximum absolute atomic E-state index is 12.2. The first-order valence-electron chi connectivity index (χ1n) is 6.84. The van der Waals surface area contributed by atoms with Crippen LogP contribution in [0, 0.1) is 11.8 Å². The molecule has 1 spiro atoms. The minimum absolute atomic E-state index is 0.0930. The molecule has 3 fully saturated rings. The number of hydrogen-bond acceptors (Lipinski definition) is 3. The second-order valence-corrected chi connectivity index (χ2v) is 5.89. The average molecular weight is 238 g/mol. The summed E-state index contributed by atoms with van der Waals surface area (Å²) in [5.41, 5.74) is -0.0930. The monoisotopic (exact) mass is 238 g/mol. The summed E-state index contributed by atoms with van der Waals surface area (Å²) in [6.07, 6.45) is 3.33. The molecular formula is C13H22N2O2. The number of rotatable bonds is 1. The number of carbonyl (C=O) groups is 1. The lowest BCUT2D eigenvalue weighted by atomic mass is 9.92. The molecule has 0 aromatic rings. The molecule has 2 aliphatic heterocycles. The van der Waals surface area contributed by atoms with Gasteiger partial charge in [-0.3, -0.25) is 4.79 Å². The van der Waals surface area contributed by atoms with E-state index in [9.17, 15) is 4.79 Å². The molecular weight excluding hydrogens is 216 g/mol. The lowest BCUT2D eigenvalue weighted by molar-refractivity contribution is -0.154. The summed E-state index contributed by atoms with van der Waals surface area (Å²) in [5, 5.41) is 3.40. The van der Waals surface area contributed by atoms with E-state index in [-0.39, 0.29) is 5.60 Å². The first-order valence-corrected chi connectivity index (χ1v) is 6.84. The lowest BCUT2D eigenvalue weighted by Crippen LogP contribution is -2.60. The smallest absolute Gasteiger partial charge is 0.226 e. The minimum atomic E-state index is -0.0930. The third kappa shape index (κ3) is 2.20. The molecule has 0 aromatic carbocycles. The van der Waals surface area contributed by atoms with E-state index in [0.717, 1.165) is 45.4 Å². The lowest BCUT2D eigenvalue weighted by Gasteiger charge is -2.45. The van der Waals surface area contributed by atoms with Crippen molar-refractivity contribution in [2.24, 2.45) is 11.8 Å². The number of morpholine rings is 1. The Kier molecular flexibility index (Phi) is 2.87. The maximum Gasteiger partial charge on any atom is 0.226 e. The van der Waals surface area contributed by atoms with Gasteiger partial charge in [-0.15, -0.1) is 0 Å². The van der Waals surface area contributed by atoms with Gasteiger partial charge in [-0.05, 0) is 31.7 Å². The van der Waals surface area contributed by atoms with Gasteiger partial charge in [0.1, 0.15) is 0 Å². The number of nitrogens with one attached hydrogen (secondary N) is 1. The Morgan fingerprint density at radius 2 is 2.35 bits per heavy atom. The molecule has 96 valence electrons. The summed E-state index contributed by atoms with van der Waals surface area (Å²) in [6, 6.07) is 0. The van der Waals surface area contributed by atoms with Crippen LogP contribution in [0.1, 0.15) is 26.2 Å². The SMILES string of the molecule is C[C@@H]1C[C@H]1C(=O)N1CCO[C@]2(CCCNC2)C1. The molecule has 4 heteroatoms. The predicted molar refractivity (Wildman–Crippen MR) is 64.6 cm³/mol. The van der Waals surface area contributed by atoms with E-state index in [4.69, 9.17) is 4.74 Å². The van der Waals surface area contributed by atoms with Crippen LogP contribution in [-0.2, 0) is 9.53 Å². The van der Waals surface area contributed by atoms with Gasteiger partial charge in [0.25, 0.3) is 0 Å². The maximum atomic E-state index is 12.2. The van der Waals surface area contributed by atoms with Crippen LogP contribution in [0.3, 0.4) is 0 Å². The van der Waals surface area contributed by atoms with E-state index in [1.165, 1.54) is 0 Å². The molecule has 0 bridgehead atoms. The summed E-state index contributed by atoms with van der Waals surface area (Å²) >= 11 is 0. The van der Waals surface area contributed by atoms with E-state index in [0.29, 0.717) is 24.3 Å². The highest BCUT2D eigenvalue weighted by Gasteiger charge is 2.45. The standard InChI is InChI=1S/C13H22N2O2/c1-10-7-11(10)12(16)15-5-6-17-13(9-15)3-2-4-14-8-13/h10-11,14H,2-9H2,1H3/t10-,11-,13+/m1/s1. The zero-order valence-corrected chi connectivity index (χ0v) is 10.6. The molecule has 4 nitrogen and oxygen atoms in total. The van der Waals surface area contributed by atoms with Crippen molar-refractivity contribution < 1.29 is 9.53 Å². The van der Waals surface area contributed by atoms with Crippen molar-refractivity contribution in [3.8, 4) is 0 Å². The number of ether oxygens (including phenoxy) is 1. The summed E-state index contributed by atoms with van der Waals surface area (Å²) in [6.45, 7) is 6.43. The highest BCUT2D eigenvalue weighted by molar-refractivity contribution is 5.81. The number of carbonyl (C=O) groups excluding carboxylic acids is 1. The highest BCUT2D eigenvalue weighted by Crippen LogP contribution is 2.40. The van der Waals surface area contributed by atoms with Crippen LogP contribution in [0.2, 0.25) is 0 Å². The molecule has 0 radical (unpaired) electrons. The van der Waals surface area contributed by atoms with Crippen molar-refractivity contribution in [3.63, 3.8) is 0 Å². The normalized spacial score (nSPS) is 41.6. The molecule has 0 aromatic heterocycles. The van der Waals surface area contributed by atoms with Crippen molar-refractivity contribution in [1.29, 1.82) is 0 Å². The van der Waals surface area contributed by atoms with Crippen LogP contribution in [-0.4, -0.2) is 49.2 Å². The second-order valence-electron chi connectivity index (χ2n) is 5.89. The van der Waals surface area contributed by atoms with Gasteiger partial charge in [0.15, 0.2) is 0 Å². The zero-order valence-electron chi connectivity index (χ0n) is 10.6. The van der Waals surface area contributed by atoms with E-state index in [1.807, 2.05) is 4.90 Å². The Balaban J connectivity index is 1.64. The molecule has 2 saturated heterocycles. The van der Waals surface area contributed by atoms with E-state index in [2.05, 4.69) is 12.2 Å². The molecule has 1 saturated carbocycles. The number of hydrogen-bond donors (Lipinski definition) is 1. The van der Waals surface area contributed by atoms with Gasteiger partial charge in [0.2, 0.25) is 5.91 Å². The summed E-state index contributed by atoms with van der Waals surface area (Å²) in [7, 11) is 0. The molecule has 3 aliphatic rings. The fourth-order valence-corrected chi connectivity index (χ4v) is 3.13. The Hall–Kier alpha value is -0.610. The van der Waals surface area contributed by atoms with Crippen molar-refractivity contribution in [1.82, 2.24) is 10.2 Å². The largest absolute Gasteiger partial charge is 0.370 e. The number of nitrogens with zero attached hydrogens (tertiary/aromatic N) is 1. The van der Waals surface area contributed by atoms with Crippen molar-refractivity contribution in [2.45, 2.75) is 31.8 Å².